The van der Waals surface area contributed by atoms with E-state index in [0.29, 0.717) is 12.2 Å². The first kappa shape index (κ1) is 11.5. The largest absolute Gasteiger partial charge is 0.343 e. The molecular formula is C13H13N5O. The Morgan fingerprint density at radius 1 is 1.42 bits per heavy atom. The number of rotatable bonds is 3. The Kier molecular flexibility index (Phi) is 2.75. The number of nitrogens with zero attached hydrogens (tertiary/aromatic N) is 3. The van der Waals surface area contributed by atoms with E-state index in [4.69, 9.17) is 0 Å². The number of fused-ring (bicyclic) bond motifs is 1. The van der Waals surface area contributed by atoms with Crippen LogP contribution in [0.15, 0.2) is 36.7 Å². The molecule has 3 aromatic rings. The number of hydrogen-bond donors (Lipinski definition) is 2. The number of aromatic nitrogens is 4. The summed E-state index contributed by atoms with van der Waals surface area (Å²) in [5, 5.41) is 10.5. The van der Waals surface area contributed by atoms with E-state index in [-0.39, 0.29) is 5.91 Å². The highest BCUT2D eigenvalue weighted by Crippen LogP contribution is 2.14. The van der Waals surface area contributed by atoms with Crippen LogP contribution in [0.3, 0.4) is 0 Å². The minimum absolute atomic E-state index is 0.208. The van der Waals surface area contributed by atoms with Crippen LogP contribution in [0.25, 0.3) is 10.9 Å². The van der Waals surface area contributed by atoms with Crippen LogP contribution >= 0.6 is 0 Å². The Labute approximate surface area is 109 Å². The number of benzene rings is 1. The van der Waals surface area contributed by atoms with Gasteiger partial charge in [0.25, 0.3) is 5.91 Å². The van der Waals surface area contributed by atoms with Crippen molar-refractivity contribution in [2.45, 2.75) is 6.54 Å². The van der Waals surface area contributed by atoms with E-state index in [9.17, 15) is 4.79 Å². The molecular weight excluding hydrogens is 242 g/mol. The van der Waals surface area contributed by atoms with Gasteiger partial charge < -0.3 is 9.88 Å². The smallest absolute Gasteiger partial charge is 0.272 e. The summed E-state index contributed by atoms with van der Waals surface area (Å²) >= 11 is 0. The van der Waals surface area contributed by atoms with Gasteiger partial charge in [0.15, 0.2) is 5.69 Å². The second-order valence-electron chi connectivity index (χ2n) is 4.25. The first-order valence-electron chi connectivity index (χ1n) is 5.93. The third-order valence-corrected chi connectivity index (χ3v) is 3.01. The minimum atomic E-state index is -0.208. The van der Waals surface area contributed by atoms with Crippen molar-refractivity contribution in [3.05, 3.63) is 48.2 Å². The molecule has 0 saturated heterocycles. The first-order valence-corrected chi connectivity index (χ1v) is 5.93. The van der Waals surface area contributed by atoms with Gasteiger partial charge in [0.05, 0.1) is 12.1 Å². The van der Waals surface area contributed by atoms with Gasteiger partial charge in [0.2, 0.25) is 0 Å². The van der Waals surface area contributed by atoms with Crippen molar-refractivity contribution >= 4 is 16.8 Å². The van der Waals surface area contributed by atoms with E-state index in [1.54, 1.807) is 6.20 Å². The van der Waals surface area contributed by atoms with Gasteiger partial charge in [0.1, 0.15) is 5.82 Å². The molecule has 1 amide bonds. The third-order valence-electron chi connectivity index (χ3n) is 3.01. The van der Waals surface area contributed by atoms with E-state index in [0.717, 1.165) is 16.7 Å². The molecule has 0 unspecified atom stereocenters. The van der Waals surface area contributed by atoms with Crippen molar-refractivity contribution in [2.75, 3.05) is 0 Å². The zero-order valence-electron chi connectivity index (χ0n) is 10.4. The summed E-state index contributed by atoms with van der Waals surface area (Å²) in [6, 6.07) is 7.54. The van der Waals surface area contributed by atoms with Crippen LogP contribution in [-0.2, 0) is 13.6 Å². The summed E-state index contributed by atoms with van der Waals surface area (Å²) in [6.07, 6.45) is 3.54. The standard InChI is InChI=1S/C13H13N5O/c1-18-7-6-14-11(18)8-15-13(19)12-9-4-2-3-5-10(9)16-17-12/h2-7H,8H2,1H3,(H,15,19)(H,16,17). The maximum atomic E-state index is 12.1. The molecule has 0 saturated carbocycles. The third kappa shape index (κ3) is 2.08. The molecule has 96 valence electrons. The number of hydrogen-bond acceptors (Lipinski definition) is 3. The maximum absolute atomic E-state index is 12.1. The second-order valence-corrected chi connectivity index (χ2v) is 4.25. The summed E-state index contributed by atoms with van der Waals surface area (Å²) in [4.78, 5) is 16.2. The molecule has 2 N–H and O–H groups in total. The molecule has 1 aromatic carbocycles. The molecule has 2 aromatic heterocycles. The highest BCUT2D eigenvalue weighted by Gasteiger charge is 2.13. The number of imidazole rings is 1. The summed E-state index contributed by atoms with van der Waals surface area (Å²) in [5.41, 5.74) is 1.26. The zero-order valence-corrected chi connectivity index (χ0v) is 10.4. The van der Waals surface area contributed by atoms with E-state index in [1.165, 1.54) is 0 Å². The van der Waals surface area contributed by atoms with Gasteiger partial charge in [-0.3, -0.25) is 9.89 Å². The first-order chi connectivity index (χ1) is 9.25. The lowest BCUT2D eigenvalue weighted by molar-refractivity contribution is 0.0946. The van der Waals surface area contributed by atoms with Crippen LogP contribution in [0.4, 0.5) is 0 Å². The monoisotopic (exact) mass is 255 g/mol. The zero-order chi connectivity index (χ0) is 13.2. The Hall–Kier alpha value is -2.63. The predicted octanol–water partition coefficient (Wildman–Crippen LogP) is 1.23. The van der Waals surface area contributed by atoms with Crippen LogP contribution in [0.5, 0.6) is 0 Å². The molecule has 0 fully saturated rings. The fourth-order valence-electron chi connectivity index (χ4n) is 1.95. The molecule has 0 aliphatic heterocycles. The summed E-state index contributed by atoms with van der Waals surface area (Å²) in [7, 11) is 1.89. The van der Waals surface area contributed by atoms with E-state index in [2.05, 4.69) is 20.5 Å². The molecule has 2 heterocycles. The van der Waals surface area contributed by atoms with Crippen molar-refractivity contribution in [2.24, 2.45) is 7.05 Å². The molecule has 19 heavy (non-hydrogen) atoms. The van der Waals surface area contributed by atoms with Gasteiger partial charge in [-0.1, -0.05) is 18.2 Å². The molecule has 6 heteroatoms. The normalized spacial score (nSPS) is 10.8. The van der Waals surface area contributed by atoms with Crippen molar-refractivity contribution in [1.82, 2.24) is 25.1 Å². The highest BCUT2D eigenvalue weighted by molar-refractivity contribution is 6.04. The quantitative estimate of drug-likeness (QED) is 0.739. The van der Waals surface area contributed by atoms with Crippen LogP contribution in [0, 0.1) is 0 Å². The summed E-state index contributed by atoms with van der Waals surface area (Å²) in [6.45, 7) is 0.378. The molecule has 0 bridgehead atoms. The molecule has 0 radical (unpaired) electrons. The second kappa shape index (κ2) is 4.56. The van der Waals surface area contributed by atoms with Crippen molar-refractivity contribution in [3.8, 4) is 0 Å². The number of carbonyl (C=O) groups excluding carboxylic acids is 1. The Morgan fingerprint density at radius 3 is 3.05 bits per heavy atom. The number of aryl methyl sites for hydroxylation is 1. The van der Waals surface area contributed by atoms with Gasteiger partial charge in [-0.25, -0.2) is 4.98 Å². The number of para-hydroxylation sites is 1. The van der Waals surface area contributed by atoms with Crippen LogP contribution < -0.4 is 5.32 Å². The Morgan fingerprint density at radius 2 is 2.26 bits per heavy atom. The van der Waals surface area contributed by atoms with Crippen molar-refractivity contribution in [1.29, 1.82) is 0 Å². The number of aromatic amines is 1. The average Bonchev–Trinajstić information content (AvgIpc) is 3.02. The van der Waals surface area contributed by atoms with Crippen molar-refractivity contribution in [3.63, 3.8) is 0 Å². The molecule has 6 nitrogen and oxygen atoms in total. The fraction of sp³-hybridized carbons (Fsp3) is 0.154. The number of H-pyrrole nitrogens is 1. The average molecular weight is 255 g/mol. The number of nitrogens with one attached hydrogen (secondary N) is 2. The van der Waals surface area contributed by atoms with Gasteiger partial charge in [-0.2, -0.15) is 5.10 Å². The minimum Gasteiger partial charge on any atom is -0.343 e. The molecule has 0 atom stereocenters. The lowest BCUT2D eigenvalue weighted by atomic mass is 10.2. The van der Waals surface area contributed by atoms with Gasteiger partial charge in [-0.05, 0) is 6.07 Å². The maximum Gasteiger partial charge on any atom is 0.272 e. The SMILES string of the molecule is Cn1ccnc1CNC(=O)c1n[nH]c2ccccc12. The van der Waals surface area contributed by atoms with Gasteiger partial charge >= 0.3 is 0 Å². The number of carbonyl (C=O) groups is 1. The Bertz CT molecular complexity index is 727. The van der Waals surface area contributed by atoms with E-state index >= 15 is 0 Å². The summed E-state index contributed by atoms with van der Waals surface area (Å²) < 4.78 is 1.86. The van der Waals surface area contributed by atoms with Crippen molar-refractivity contribution < 1.29 is 4.79 Å². The van der Waals surface area contributed by atoms with E-state index in [1.807, 2.05) is 42.1 Å². The molecule has 0 aliphatic carbocycles. The van der Waals surface area contributed by atoms with Crippen LogP contribution in [-0.4, -0.2) is 25.7 Å². The van der Waals surface area contributed by atoms with Gasteiger partial charge in [0, 0.05) is 24.8 Å². The molecule has 3 rings (SSSR count). The lowest BCUT2D eigenvalue weighted by Crippen LogP contribution is -2.24. The highest BCUT2D eigenvalue weighted by atomic mass is 16.1. The molecule has 0 spiro atoms. The van der Waals surface area contributed by atoms with E-state index < -0.39 is 0 Å². The molecule has 0 aliphatic rings. The Balaban J connectivity index is 1.79. The topological polar surface area (TPSA) is 75.6 Å². The fourth-order valence-corrected chi connectivity index (χ4v) is 1.95. The lowest BCUT2D eigenvalue weighted by Gasteiger charge is -2.03. The van der Waals surface area contributed by atoms with Gasteiger partial charge in [-0.15, -0.1) is 0 Å². The van der Waals surface area contributed by atoms with Crippen LogP contribution in [0.1, 0.15) is 16.3 Å². The van der Waals surface area contributed by atoms with Crippen LogP contribution in [0.2, 0.25) is 0 Å². The predicted molar refractivity (Wildman–Crippen MR) is 70.5 cm³/mol. The number of amides is 1. The summed E-state index contributed by atoms with van der Waals surface area (Å²) in [5.74, 6) is 0.591.